The number of thioether (sulfide) groups is 1. The Morgan fingerprint density at radius 2 is 2.10 bits per heavy atom. The fourth-order valence-electron chi connectivity index (χ4n) is 0.343. The van der Waals surface area contributed by atoms with Gasteiger partial charge in [0.25, 0.3) is 0 Å². The Morgan fingerprint density at radius 1 is 1.60 bits per heavy atom. The lowest BCUT2D eigenvalue weighted by atomic mass is 10.7. The van der Waals surface area contributed by atoms with Gasteiger partial charge in [-0.2, -0.15) is 13.2 Å². The first-order valence-electron chi connectivity index (χ1n) is 2.53. The van der Waals surface area contributed by atoms with E-state index < -0.39 is 11.6 Å². The van der Waals surface area contributed by atoms with Crippen molar-refractivity contribution in [1.82, 2.24) is 0 Å². The molecule has 0 rings (SSSR count). The normalized spacial score (nSPS) is 14.8. The second-order valence-electron chi connectivity index (χ2n) is 1.45. The van der Waals surface area contributed by atoms with Crippen LogP contribution in [0.5, 0.6) is 0 Å². The van der Waals surface area contributed by atoms with Gasteiger partial charge in [-0.1, -0.05) is 6.92 Å². The number of nitrogens with zero attached hydrogens (tertiary/aromatic N) is 1. The van der Waals surface area contributed by atoms with Gasteiger partial charge in [-0.25, -0.2) is 0 Å². The predicted octanol–water partition coefficient (Wildman–Crippen LogP) is 2.39. The number of halogens is 3. The first kappa shape index (κ1) is 9.74. The first-order chi connectivity index (χ1) is 4.52. The van der Waals surface area contributed by atoms with Crippen LogP contribution in [-0.4, -0.2) is 17.3 Å². The molecule has 1 atom stereocenters. The lowest BCUT2D eigenvalue weighted by Gasteiger charge is -2.10. The molecule has 0 saturated heterocycles. The van der Waals surface area contributed by atoms with Crippen LogP contribution in [0.25, 0.3) is 0 Å². The van der Waals surface area contributed by atoms with E-state index in [4.69, 9.17) is 0 Å². The third-order valence-corrected chi connectivity index (χ3v) is 1.70. The van der Waals surface area contributed by atoms with Crippen LogP contribution in [0.1, 0.15) is 6.92 Å². The van der Waals surface area contributed by atoms with Crippen molar-refractivity contribution in [3.05, 3.63) is 4.91 Å². The van der Waals surface area contributed by atoms with Crippen molar-refractivity contribution in [2.24, 2.45) is 5.18 Å². The van der Waals surface area contributed by atoms with E-state index in [2.05, 4.69) is 0 Å². The lowest BCUT2D eigenvalue weighted by molar-refractivity contribution is -0.127. The van der Waals surface area contributed by atoms with Gasteiger partial charge in [0, 0.05) is 0 Å². The highest BCUT2D eigenvalue weighted by Crippen LogP contribution is 2.30. The molecule has 0 aromatic rings. The number of alkyl halides is 3. The van der Waals surface area contributed by atoms with Gasteiger partial charge in [0.05, 0.1) is 0 Å². The molecule has 1 unspecified atom stereocenters. The molecule has 0 aliphatic rings. The van der Waals surface area contributed by atoms with Crippen molar-refractivity contribution in [2.75, 3.05) is 5.75 Å². The molecule has 2 nitrogen and oxygen atoms in total. The number of hydrogen-bond donors (Lipinski definition) is 0. The predicted molar refractivity (Wildman–Crippen MR) is 33.8 cm³/mol. The summed E-state index contributed by atoms with van der Waals surface area (Å²) in [5.74, 6) is 0.232. The molecule has 0 spiro atoms. The first-order valence-corrected chi connectivity index (χ1v) is 3.58. The second kappa shape index (κ2) is 3.80. The molecule has 0 amide bonds. The zero-order valence-electron chi connectivity index (χ0n) is 5.18. The largest absolute Gasteiger partial charge is 0.423 e. The average molecular weight is 173 g/mol. The maximum Gasteiger partial charge on any atom is 0.423 e. The van der Waals surface area contributed by atoms with E-state index in [0.29, 0.717) is 11.8 Å². The molecule has 0 aromatic carbocycles. The van der Waals surface area contributed by atoms with Gasteiger partial charge in [0.15, 0.2) is 0 Å². The maximum absolute atomic E-state index is 11.6. The topological polar surface area (TPSA) is 29.4 Å². The van der Waals surface area contributed by atoms with Crippen LogP contribution in [0.2, 0.25) is 0 Å². The molecule has 6 heteroatoms. The van der Waals surface area contributed by atoms with Crippen molar-refractivity contribution < 1.29 is 13.2 Å². The third-order valence-electron chi connectivity index (χ3n) is 0.700. The molecular weight excluding hydrogens is 167 g/mol. The van der Waals surface area contributed by atoms with Gasteiger partial charge >= 0.3 is 6.18 Å². The molecule has 0 aromatic heterocycles. The van der Waals surface area contributed by atoms with E-state index in [0.717, 1.165) is 0 Å². The minimum Gasteiger partial charge on any atom is -0.168 e. The Hall–Kier alpha value is -0.260. The minimum atomic E-state index is -4.50. The number of nitroso groups, excluding NO2 is 1. The molecule has 0 N–H and O–H groups in total. The summed E-state index contributed by atoms with van der Waals surface area (Å²) < 4.78 is 34.8. The van der Waals surface area contributed by atoms with Crippen LogP contribution < -0.4 is 0 Å². The standard InChI is InChI=1S/C4H6F3NOS/c1-2-10-3(8-9)4(5,6)7/h3H,2H2,1H3. The Balaban J connectivity index is 3.93. The summed E-state index contributed by atoms with van der Waals surface area (Å²) in [6, 6.07) is 0. The van der Waals surface area contributed by atoms with Crippen molar-refractivity contribution in [2.45, 2.75) is 18.5 Å². The van der Waals surface area contributed by atoms with Gasteiger partial charge in [0.1, 0.15) is 0 Å². The van der Waals surface area contributed by atoms with Crippen LogP contribution in [0.3, 0.4) is 0 Å². The zero-order valence-corrected chi connectivity index (χ0v) is 6.00. The lowest BCUT2D eigenvalue weighted by Crippen LogP contribution is -2.23. The fraction of sp³-hybridized carbons (Fsp3) is 1.00. The average Bonchev–Trinajstić information content (AvgIpc) is 1.80. The Morgan fingerprint density at radius 3 is 2.20 bits per heavy atom. The Kier molecular flexibility index (Phi) is 3.70. The molecular formula is C4H6F3NOS. The molecule has 0 saturated carbocycles. The van der Waals surface area contributed by atoms with Gasteiger partial charge in [0.2, 0.25) is 5.37 Å². The third kappa shape index (κ3) is 3.05. The SMILES string of the molecule is CCSC(N=O)C(F)(F)F. The van der Waals surface area contributed by atoms with E-state index >= 15 is 0 Å². The second-order valence-corrected chi connectivity index (χ2v) is 2.81. The summed E-state index contributed by atoms with van der Waals surface area (Å²) >= 11 is 0.479. The molecule has 0 bridgehead atoms. The summed E-state index contributed by atoms with van der Waals surface area (Å²) in [6.45, 7) is 1.54. The molecule has 0 radical (unpaired) electrons. The van der Waals surface area contributed by atoms with E-state index in [9.17, 15) is 18.1 Å². The van der Waals surface area contributed by atoms with Gasteiger partial charge in [-0.3, -0.25) is 0 Å². The maximum atomic E-state index is 11.6. The zero-order chi connectivity index (χ0) is 8.20. The van der Waals surface area contributed by atoms with E-state index in [-0.39, 0.29) is 5.75 Å². The van der Waals surface area contributed by atoms with Gasteiger partial charge in [-0.05, 0) is 10.9 Å². The van der Waals surface area contributed by atoms with Crippen molar-refractivity contribution in [3.63, 3.8) is 0 Å². The smallest absolute Gasteiger partial charge is 0.168 e. The van der Waals surface area contributed by atoms with E-state index in [1.807, 2.05) is 5.18 Å². The summed E-state index contributed by atoms with van der Waals surface area (Å²) in [4.78, 5) is 9.55. The van der Waals surface area contributed by atoms with Crippen LogP contribution in [-0.2, 0) is 0 Å². The van der Waals surface area contributed by atoms with Crippen LogP contribution in [0.4, 0.5) is 13.2 Å². The van der Waals surface area contributed by atoms with Gasteiger partial charge < -0.3 is 0 Å². The molecule has 0 fully saturated rings. The summed E-state index contributed by atoms with van der Waals surface area (Å²) in [5, 5.41) is -0.163. The monoisotopic (exact) mass is 173 g/mol. The summed E-state index contributed by atoms with van der Waals surface area (Å²) in [7, 11) is 0. The number of hydrogen-bond acceptors (Lipinski definition) is 3. The summed E-state index contributed by atoms with van der Waals surface area (Å²) in [5.41, 5.74) is 0. The quantitative estimate of drug-likeness (QED) is 0.613. The molecule has 0 aliphatic heterocycles. The van der Waals surface area contributed by atoms with E-state index in [1.54, 1.807) is 0 Å². The highest BCUT2D eigenvalue weighted by molar-refractivity contribution is 7.99. The molecule has 10 heavy (non-hydrogen) atoms. The van der Waals surface area contributed by atoms with Crippen LogP contribution in [0.15, 0.2) is 5.18 Å². The van der Waals surface area contributed by atoms with Crippen LogP contribution >= 0.6 is 11.8 Å². The van der Waals surface area contributed by atoms with Crippen molar-refractivity contribution in [3.8, 4) is 0 Å². The van der Waals surface area contributed by atoms with E-state index in [1.165, 1.54) is 6.92 Å². The van der Waals surface area contributed by atoms with Crippen molar-refractivity contribution in [1.29, 1.82) is 0 Å². The minimum absolute atomic E-state index is 0.232. The molecule has 0 heterocycles. The Labute approximate surface area is 60.1 Å². The Bertz CT molecular complexity index is 116. The van der Waals surface area contributed by atoms with Crippen LogP contribution in [0, 0.1) is 4.91 Å². The molecule has 60 valence electrons. The number of rotatable bonds is 3. The van der Waals surface area contributed by atoms with Gasteiger partial charge in [-0.15, -0.1) is 16.7 Å². The highest BCUT2D eigenvalue weighted by atomic mass is 32.2. The van der Waals surface area contributed by atoms with Crippen molar-refractivity contribution >= 4 is 11.8 Å². The fourth-order valence-corrected chi connectivity index (χ4v) is 0.908. The summed E-state index contributed by atoms with van der Waals surface area (Å²) in [6.07, 6.45) is -4.50. The highest BCUT2D eigenvalue weighted by Gasteiger charge is 2.41. The molecule has 0 aliphatic carbocycles.